The van der Waals surface area contributed by atoms with E-state index in [1.165, 1.54) is 6.42 Å². The molecule has 2 N–H and O–H groups in total. The van der Waals surface area contributed by atoms with Gasteiger partial charge in [-0.05, 0) is 37.0 Å². The minimum absolute atomic E-state index is 0.0574. The topological polar surface area (TPSA) is 74.4 Å². The third kappa shape index (κ3) is 4.09. The number of carbonyl (C=O) groups is 2. The molecule has 1 fully saturated rings. The van der Waals surface area contributed by atoms with Gasteiger partial charge in [0, 0.05) is 35.2 Å². The molecule has 1 atom stereocenters. The molecule has 1 unspecified atom stereocenters. The van der Waals surface area contributed by atoms with Gasteiger partial charge in [0.05, 0.1) is 0 Å². The van der Waals surface area contributed by atoms with Crippen LogP contribution in [0.15, 0.2) is 54.7 Å². The van der Waals surface area contributed by atoms with Gasteiger partial charge in [-0.1, -0.05) is 55.7 Å². The van der Waals surface area contributed by atoms with E-state index < -0.39 is 6.04 Å². The van der Waals surface area contributed by atoms with Crippen LogP contribution in [0, 0.1) is 0 Å². The van der Waals surface area contributed by atoms with E-state index in [0.717, 1.165) is 47.7 Å². The van der Waals surface area contributed by atoms with E-state index in [1.54, 1.807) is 4.90 Å². The van der Waals surface area contributed by atoms with Crippen LogP contribution in [0.1, 0.15) is 49.3 Å². The molecular formula is C26H29N3O3. The first kappa shape index (κ1) is 20.6. The summed E-state index contributed by atoms with van der Waals surface area (Å²) in [6.45, 7) is 0.388. The molecule has 2 aliphatic rings. The predicted octanol–water partition coefficient (Wildman–Crippen LogP) is 4.12. The molecule has 1 aliphatic carbocycles. The highest BCUT2D eigenvalue weighted by Crippen LogP contribution is 2.33. The summed E-state index contributed by atoms with van der Waals surface area (Å²) in [5, 5.41) is 4.38. The summed E-state index contributed by atoms with van der Waals surface area (Å²) in [6, 6.07) is 15.1. The summed E-state index contributed by atoms with van der Waals surface area (Å²) in [5.74, 6) is 0.339. The Bertz CT molecular complexity index is 1120. The van der Waals surface area contributed by atoms with E-state index in [1.807, 2.05) is 48.7 Å². The molecule has 5 rings (SSSR count). The Hall–Kier alpha value is -3.28. The number of aromatic nitrogens is 1. The molecule has 6 nitrogen and oxygen atoms in total. The van der Waals surface area contributed by atoms with Gasteiger partial charge in [-0.2, -0.15) is 0 Å². The van der Waals surface area contributed by atoms with Gasteiger partial charge in [-0.15, -0.1) is 0 Å². The Morgan fingerprint density at radius 3 is 2.72 bits per heavy atom. The third-order valence-corrected chi connectivity index (χ3v) is 6.69. The summed E-state index contributed by atoms with van der Waals surface area (Å²) >= 11 is 0. The number of nitrogens with zero attached hydrogens (tertiary/aromatic N) is 1. The van der Waals surface area contributed by atoms with Gasteiger partial charge in [0.15, 0.2) is 6.61 Å². The molecule has 1 saturated carbocycles. The van der Waals surface area contributed by atoms with Crippen LogP contribution in [-0.4, -0.2) is 40.9 Å². The molecule has 0 saturated heterocycles. The van der Waals surface area contributed by atoms with Crippen molar-refractivity contribution < 1.29 is 14.3 Å². The second-order valence-electron chi connectivity index (χ2n) is 8.77. The maximum atomic E-state index is 13.5. The number of benzene rings is 2. The van der Waals surface area contributed by atoms with Gasteiger partial charge in [0.1, 0.15) is 11.8 Å². The first-order valence-corrected chi connectivity index (χ1v) is 11.6. The SMILES string of the molecule is O=C(NC1CCCCC1)C1c2ccccc2OCC(=O)N1CCc1c[nH]c2ccccc12. The van der Waals surface area contributed by atoms with Crippen LogP contribution in [0.3, 0.4) is 0 Å². The first-order valence-electron chi connectivity index (χ1n) is 11.6. The quantitative estimate of drug-likeness (QED) is 0.638. The molecule has 2 amide bonds. The van der Waals surface area contributed by atoms with E-state index >= 15 is 0 Å². The van der Waals surface area contributed by atoms with Crippen molar-refractivity contribution >= 4 is 22.7 Å². The molecule has 3 aromatic rings. The van der Waals surface area contributed by atoms with Gasteiger partial charge >= 0.3 is 0 Å². The molecule has 0 spiro atoms. The van der Waals surface area contributed by atoms with Crippen molar-refractivity contribution in [3.8, 4) is 5.75 Å². The van der Waals surface area contributed by atoms with Crippen molar-refractivity contribution in [2.24, 2.45) is 0 Å². The van der Waals surface area contributed by atoms with Gasteiger partial charge < -0.3 is 19.9 Å². The van der Waals surface area contributed by atoms with Crippen LogP contribution < -0.4 is 10.1 Å². The fraction of sp³-hybridized carbons (Fsp3) is 0.385. The number of ether oxygens (including phenoxy) is 1. The monoisotopic (exact) mass is 431 g/mol. The molecule has 1 aliphatic heterocycles. The van der Waals surface area contributed by atoms with Crippen LogP contribution in [0.4, 0.5) is 0 Å². The molecule has 2 aromatic carbocycles. The molecule has 0 radical (unpaired) electrons. The van der Waals surface area contributed by atoms with Crippen LogP contribution in [0.5, 0.6) is 5.75 Å². The summed E-state index contributed by atoms with van der Waals surface area (Å²) in [4.78, 5) is 31.7. The smallest absolute Gasteiger partial charge is 0.261 e. The summed E-state index contributed by atoms with van der Waals surface area (Å²) in [6.07, 6.45) is 8.15. The number of fused-ring (bicyclic) bond motifs is 2. The highest BCUT2D eigenvalue weighted by atomic mass is 16.5. The zero-order valence-corrected chi connectivity index (χ0v) is 18.2. The lowest BCUT2D eigenvalue weighted by molar-refractivity contribution is -0.141. The van der Waals surface area contributed by atoms with E-state index in [4.69, 9.17) is 4.74 Å². The molecule has 6 heteroatoms. The zero-order valence-electron chi connectivity index (χ0n) is 18.2. The Morgan fingerprint density at radius 1 is 1.06 bits per heavy atom. The van der Waals surface area contributed by atoms with Gasteiger partial charge in [-0.3, -0.25) is 9.59 Å². The highest BCUT2D eigenvalue weighted by Gasteiger charge is 2.36. The van der Waals surface area contributed by atoms with Crippen LogP contribution in [0.25, 0.3) is 10.9 Å². The number of hydrogen-bond donors (Lipinski definition) is 2. The molecule has 2 heterocycles. The van der Waals surface area contributed by atoms with Crippen molar-refractivity contribution in [1.29, 1.82) is 0 Å². The normalized spacial score (nSPS) is 19.3. The summed E-state index contributed by atoms with van der Waals surface area (Å²) in [7, 11) is 0. The van der Waals surface area contributed by atoms with Crippen molar-refractivity contribution in [3.05, 3.63) is 65.9 Å². The van der Waals surface area contributed by atoms with Crippen LogP contribution >= 0.6 is 0 Å². The van der Waals surface area contributed by atoms with Crippen molar-refractivity contribution in [1.82, 2.24) is 15.2 Å². The lowest BCUT2D eigenvalue weighted by Crippen LogP contribution is -2.47. The summed E-state index contributed by atoms with van der Waals surface area (Å²) in [5.41, 5.74) is 2.97. The minimum atomic E-state index is -0.687. The van der Waals surface area contributed by atoms with Crippen molar-refractivity contribution in [3.63, 3.8) is 0 Å². The van der Waals surface area contributed by atoms with E-state index in [-0.39, 0.29) is 24.5 Å². The minimum Gasteiger partial charge on any atom is -0.483 e. The molecule has 1 aromatic heterocycles. The average Bonchev–Trinajstić information content (AvgIpc) is 3.18. The van der Waals surface area contributed by atoms with Crippen LogP contribution in [0.2, 0.25) is 0 Å². The molecule has 166 valence electrons. The summed E-state index contributed by atoms with van der Waals surface area (Å²) < 4.78 is 5.79. The van der Waals surface area contributed by atoms with Crippen molar-refractivity contribution in [2.45, 2.75) is 50.6 Å². The largest absolute Gasteiger partial charge is 0.483 e. The van der Waals surface area contributed by atoms with Gasteiger partial charge in [0.25, 0.3) is 5.91 Å². The van der Waals surface area contributed by atoms with E-state index in [9.17, 15) is 9.59 Å². The number of hydrogen-bond acceptors (Lipinski definition) is 3. The number of rotatable bonds is 5. The van der Waals surface area contributed by atoms with E-state index in [2.05, 4.69) is 16.4 Å². The number of nitrogens with one attached hydrogen (secondary N) is 2. The first-order chi connectivity index (χ1) is 15.7. The average molecular weight is 432 g/mol. The van der Waals surface area contributed by atoms with Crippen molar-refractivity contribution in [2.75, 3.05) is 13.2 Å². The predicted molar refractivity (Wildman–Crippen MR) is 123 cm³/mol. The number of aromatic amines is 1. The highest BCUT2D eigenvalue weighted by molar-refractivity contribution is 5.91. The fourth-order valence-electron chi connectivity index (χ4n) is 5.02. The Kier molecular flexibility index (Phi) is 5.84. The Labute approximate surface area is 187 Å². The van der Waals surface area contributed by atoms with Gasteiger partial charge in [0.2, 0.25) is 5.91 Å². The molecule has 32 heavy (non-hydrogen) atoms. The van der Waals surface area contributed by atoms with Gasteiger partial charge in [-0.25, -0.2) is 0 Å². The molecule has 0 bridgehead atoms. The van der Waals surface area contributed by atoms with E-state index in [0.29, 0.717) is 18.7 Å². The Morgan fingerprint density at radius 2 is 1.84 bits per heavy atom. The number of H-pyrrole nitrogens is 1. The second kappa shape index (κ2) is 9.07. The third-order valence-electron chi connectivity index (χ3n) is 6.69. The lowest BCUT2D eigenvalue weighted by atomic mass is 9.94. The lowest BCUT2D eigenvalue weighted by Gasteiger charge is -2.31. The zero-order chi connectivity index (χ0) is 21.9. The van der Waals surface area contributed by atoms with Crippen LogP contribution in [-0.2, 0) is 16.0 Å². The Balaban J connectivity index is 1.43. The fourth-order valence-corrected chi connectivity index (χ4v) is 5.02. The number of amides is 2. The standard InChI is InChI=1S/C26H29N3O3/c30-24-17-32-23-13-7-5-11-21(23)25(26(31)28-19-8-2-1-3-9-19)29(24)15-14-18-16-27-22-12-6-4-10-20(18)22/h4-7,10-13,16,19,25,27H,1-3,8-9,14-15,17H2,(H,28,31). The molecular weight excluding hydrogens is 402 g/mol. The second-order valence-corrected chi connectivity index (χ2v) is 8.77. The maximum Gasteiger partial charge on any atom is 0.261 e. The number of carbonyl (C=O) groups excluding carboxylic acids is 2. The number of para-hydroxylation sites is 2. The maximum absolute atomic E-state index is 13.5.